The molecule has 68 valence electrons. The van der Waals surface area contributed by atoms with Crippen LogP contribution in [-0.2, 0) is 6.42 Å². The van der Waals surface area contributed by atoms with Crippen LogP contribution in [0.5, 0.6) is 5.75 Å². The minimum Gasteiger partial charge on any atom is -0.504 e. The van der Waals surface area contributed by atoms with Gasteiger partial charge in [-0.05, 0) is 12.5 Å². The third kappa shape index (κ3) is 1.27. The Hall–Kier alpha value is -1.48. The number of rotatable bonds is 2. The zero-order valence-corrected chi connectivity index (χ0v) is 7.03. The smallest absolute Gasteiger partial charge is 0.175 e. The van der Waals surface area contributed by atoms with E-state index in [4.69, 9.17) is 9.52 Å². The Bertz CT molecular complexity index is 417. The predicted molar refractivity (Wildman–Crippen MR) is 48.7 cm³/mol. The first-order valence-electron chi connectivity index (χ1n) is 4.12. The molecule has 13 heavy (non-hydrogen) atoms. The maximum Gasteiger partial charge on any atom is 0.175 e. The largest absolute Gasteiger partial charge is 0.504 e. The van der Waals surface area contributed by atoms with Gasteiger partial charge in [0.15, 0.2) is 11.3 Å². The first-order valence-corrected chi connectivity index (χ1v) is 4.12. The number of furan rings is 1. The SMILES string of the molecule is OCCc1coc2c(O)cccc12. The van der Waals surface area contributed by atoms with Gasteiger partial charge in [-0.1, -0.05) is 12.1 Å². The quantitative estimate of drug-likeness (QED) is 0.735. The number of phenols is 1. The van der Waals surface area contributed by atoms with Gasteiger partial charge in [-0.3, -0.25) is 0 Å². The molecule has 1 aromatic heterocycles. The summed E-state index contributed by atoms with van der Waals surface area (Å²) in [4.78, 5) is 0. The van der Waals surface area contributed by atoms with Gasteiger partial charge in [-0.25, -0.2) is 0 Å². The lowest BCUT2D eigenvalue weighted by Crippen LogP contribution is -1.87. The lowest BCUT2D eigenvalue weighted by molar-refractivity contribution is 0.299. The van der Waals surface area contributed by atoms with Crippen molar-refractivity contribution in [2.24, 2.45) is 0 Å². The number of benzene rings is 1. The molecule has 0 atom stereocenters. The van der Waals surface area contributed by atoms with Crippen LogP contribution in [-0.4, -0.2) is 16.8 Å². The highest BCUT2D eigenvalue weighted by atomic mass is 16.3. The molecule has 0 aliphatic heterocycles. The average molecular weight is 178 g/mol. The van der Waals surface area contributed by atoms with Gasteiger partial charge in [-0.15, -0.1) is 0 Å². The summed E-state index contributed by atoms with van der Waals surface area (Å²) in [5, 5.41) is 19.0. The molecule has 0 fully saturated rings. The number of para-hydroxylation sites is 1. The van der Waals surface area contributed by atoms with Crippen molar-refractivity contribution in [3.63, 3.8) is 0 Å². The Morgan fingerprint density at radius 2 is 2.15 bits per heavy atom. The maximum atomic E-state index is 9.40. The minimum absolute atomic E-state index is 0.0876. The number of aliphatic hydroxyl groups is 1. The predicted octanol–water partition coefficient (Wildman–Crippen LogP) is 1.67. The van der Waals surface area contributed by atoms with Crippen molar-refractivity contribution in [2.75, 3.05) is 6.61 Å². The number of phenolic OH excluding ortho intramolecular Hbond substituents is 1. The van der Waals surface area contributed by atoms with E-state index in [1.54, 1.807) is 18.4 Å². The minimum atomic E-state index is 0.0876. The number of aliphatic hydroxyl groups excluding tert-OH is 1. The fraction of sp³-hybridized carbons (Fsp3) is 0.200. The summed E-state index contributed by atoms with van der Waals surface area (Å²) in [7, 11) is 0. The Balaban J connectivity index is 2.61. The standard InChI is InChI=1S/C10H10O3/c11-5-4-7-6-13-10-8(7)2-1-3-9(10)12/h1-3,6,11-12H,4-5H2. The van der Waals surface area contributed by atoms with Gasteiger partial charge in [0.2, 0.25) is 0 Å². The molecule has 0 unspecified atom stereocenters. The van der Waals surface area contributed by atoms with Crippen molar-refractivity contribution >= 4 is 11.0 Å². The summed E-state index contributed by atoms with van der Waals surface area (Å²) in [5.74, 6) is 0.140. The molecule has 0 spiro atoms. The first kappa shape index (κ1) is 8.13. The van der Waals surface area contributed by atoms with Gasteiger partial charge in [0.05, 0.1) is 6.26 Å². The summed E-state index contributed by atoms with van der Waals surface area (Å²) in [6.07, 6.45) is 2.12. The molecule has 0 saturated heterocycles. The van der Waals surface area contributed by atoms with E-state index in [1.807, 2.05) is 6.07 Å². The van der Waals surface area contributed by atoms with Crippen molar-refractivity contribution in [2.45, 2.75) is 6.42 Å². The molecule has 2 aromatic rings. The summed E-state index contributed by atoms with van der Waals surface area (Å²) in [6, 6.07) is 5.20. The zero-order chi connectivity index (χ0) is 9.26. The van der Waals surface area contributed by atoms with Crippen LogP contribution in [0.25, 0.3) is 11.0 Å². The lowest BCUT2D eigenvalue weighted by atomic mass is 10.1. The Morgan fingerprint density at radius 1 is 1.31 bits per heavy atom. The highest BCUT2D eigenvalue weighted by Gasteiger charge is 2.07. The van der Waals surface area contributed by atoms with E-state index < -0.39 is 0 Å². The Labute approximate surface area is 75.2 Å². The van der Waals surface area contributed by atoms with E-state index in [-0.39, 0.29) is 12.4 Å². The van der Waals surface area contributed by atoms with Crippen molar-refractivity contribution < 1.29 is 14.6 Å². The molecule has 0 aliphatic carbocycles. The second kappa shape index (κ2) is 3.11. The average Bonchev–Trinajstić information content (AvgIpc) is 2.51. The van der Waals surface area contributed by atoms with Crippen LogP contribution in [0.2, 0.25) is 0 Å². The number of aromatic hydroxyl groups is 1. The summed E-state index contributed by atoms with van der Waals surface area (Å²) >= 11 is 0. The van der Waals surface area contributed by atoms with Gasteiger partial charge < -0.3 is 14.6 Å². The molecule has 3 nitrogen and oxygen atoms in total. The number of fused-ring (bicyclic) bond motifs is 1. The Kier molecular flexibility index (Phi) is 1.94. The lowest BCUT2D eigenvalue weighted by Gasteiger charge is -1.94. The molecule has 0 bridgehead atoms. The summed E-state index contributed by atoms with van der Waals surface area (Å²) in [5.41, 5.74) is 1.42. The van der Waals surface area contributed by atoms with Crippen LogP contribution in [0.15, 0.2) is 28.9 Å². The normalized spacial score (nSPS) is 10.8. The first-order chi connectivity index (χ1) is 6.33. The molecule has 0 saturated carbocycles. The third-order valence-electron chi connectivity index (χ3n) is 2.04. The Morgan fingerprint density at radius 3 is 2.92 bits per heavy atom. The van der Waals surface area contributed by atoms with E-state index in [0.717, 1.165) is 10.9 Å². The zero-order valence-electron chi connectivity index (χ0n) is 7.03. The molecule has 0 amide bonds. The van der Waals surface area contributed by atoms with E-state index in [1.165, 1.54) is 0 Å². The van der Waals surface area contributed by atoms with Gasteiger partial charge in [0, 0.05) is 17.6 Å². The second-order valence-corrected chi connectivity index (χ2v) is 2.89. The molecule has 0 radical (unpaired) electrons. The monoisotopic (exact) mass is 178 g/mol. The van der Waals surface area contributed by atoms with Gasteiger partial charge in [-0.2, -0.15) is 0 Å². The molecule has 0 aliphatic rings. The highest BCUT2D eigenvalue weighted by Crippen LogP contribution is 2.28. The fourth-order valence-corrected chi connectivity index (χ4v) is 1.41. The summed E-state index contributed by atoms with van der Waals surface area (Å²) in [6.45, 7) is 0.0876. The molecule has 1 aromatic carbocycles. The molecular weight excluding hydrogens is 168 g/mol. The number of hydrogen-bond donors (Lipinski definition) is 2. The van der Waals surface area contributed by atoms with Crippen LogP contribution in [0.4, 0.5) is 0 Å². The molecule has 3 heteroatoms. The molecular formula is C10H10O3. The van der Waals surface area contributed by atoms with Crippen LogP contribution in [0, 0.1) is 0 Å². The molecule has 2 N–H and O–H groups in total. The molecule has 1 heterocycles. The fourth-order valence-electron chi connectivity index (χ4n) is 1.41. The van der Waals surface area contributed by atoms with Crippen LogP contribution in [0.1, 0.15) is 5.56 Å². The topological polar surface area (TPSA) is 53.6 Å². The molecule has 2 rings (SSSR count). The van der Waals surface area contributed by atoms with Crippen molar-refractivity contribution in [1.82, 2.24) is 0 Å². The third-order valence-corrected chi connectivity index (χ3v) is 2.04. The number of hydrogen-bond acceptors (Lipinski definition) is 3. The van der Waals surface area contributed by atoms with E-state index >= 15 is 0 Å². The van der Waals surface area contributed by atoms with Crippen LogP contribution < -0.4 is 0 Å². The van der Waals surface area contributed by atoms with Gasteiger partial charge in [0.25, 0.3) is 0 Å². The van der Waals surface area contributed by atoms with Gasteiger partial charge >= 0.3 is 0 Å². The van der Waals surface area contributed by atoms with Crippen LogP contribution >= 0.6 is 0 Å². The van der Waals surface area contributed by atoms with E-state index in [2.05, 4.69) is 0 Å². The highest BCUT2D eigenvalue weighted by molar-refractivity contribution is 5.85. The maximum absolute atomic E-state index is 9.40. The van der Waals surface area contributed by atoms with E-state index in [0.29, 0.717) is 12.0 Å². The second-order valence-electron chi connectivity index (χ2n) is 2.89. The van der Waals surface area contributed by atoms with Crippen molar-refractivity contribution in [3.8, 4) is 5.75 Å². The van der Waals surface area contributed by atoms with Crippen molar-refractivity contribution in [3.05, 3.63) is 30.0 Å². The summed E-state index contributed by atoms with van der Waals surface area (Å²) < 4.78 is 5.17. The van der Waals surface area contributed by atoms with Crippen LogP contribution in [0.3, 0.4) is 0 Å². The van der Waals surface area contributed by atoms with E-state index in [9.17, 15) is 5.11 Å². The van der Waals surface area contributed by atoms with Crippen molar-refractivity contribution in [1.29, 1.82) is 0 Å². The van der Waals surface area contributed by atoms with Gasteiger partial charge in [0.1, 0.15) is 0 Å².